The fourth-order valence-corrected chi connectivity index (χ4v) is 3.69. The summed E-state index contributed by atoms with van der Waals surface area (Å²) in [6.45, 7) is 4.33. The summed E-state index contributed by atoms with van der Waals surface area (Å²) in [5, 5.41) is 1.37. The van der Waals surface area contributed by atoms with Crippen LogP contribution in [0.15, 0.2) is 50.1 Å². The maximum Gasteiger partial charge on any atom is 0.329 e. The monoisotopic (exact) mass is 390 g/mol. The van der Waals surface area contributed by atoms with E-state index in [1.54, 1.807) is 7.05 Å². The molecule has 26 heavy (non-hydrogen) atoms. The molecular weight excluding hydrogens is 372 g/mol. The lowest BCUT2D eigenvalue weighted by Gasteiger charge is -2.08. The predicted molar refractivity (Wildman–Crippen MR) is 106 cm³/mol. The number of nitrogens with one attached hydrogen (secondary N) is 1. The third-order valence-corrected chi connectivity index (χ3v) is 5.07. The number of thioether (sulfide) groups is 1. The van der Waals surface area contributed by atoms with Gasteiger partial charge in [0.05, 0.1) is 6.54 Å². The first-order chi connectivity index (χ1) is 12.4. The van der Waals surface area contributed by atoms with E-state index in [1.807, 2.05) is 48.8 Å². The highest BCUT2D eigenvalue weighted by Crippen LogP contribution is 2.23. The molecule has 0 saturated heterocycles. The van der Waals surface area contributed by atoms with Crippen LogP contribution in [0, 0.1) is 6.92 Å². The molecule has 3 rings (SSSR count). The van der Waals surface area contributed by atoms with Gasteiger partial charge < -0.3 is 4.57 Å². The van der Waals surface area contributed by atoms with Gasteiger partial charge in [-0.05, 0) is 19.4 Å². The summed E-state index contributed by atoms with van der Waals surface area (Å²) < 4.78 is 3.20. The molecule has 0 fully saturated rings. The molecule has 0 saturated carbocycles. The Morgan fingerprint density at radius 1 is 1.31 bits per heavy atom. The number of aromatic nitrogens is 4. The molecule has 0 aliphatic rings. The zero-order valence-electron chi connectivity index (χ0n) is 14.7. The van der Waals surface area contributed by atoms with Crippen LogP contribution >= 0.6 is 23.4 Å². The van der Waals surface area contributed by atoms with E-state index in [2.05, 4.69) is 9.97 Å². The van der Waals surface area contributed by atoms with Crippen molar-refractivity contribution in [1.29, 1.82) is 0 Å². The minimum atomic E-state index is -0.476. The number of H-pyrrole nitrogens is 1. The molecule has 8 heteroatoms. The number of aryl methyl sites for hydroxylation is 2. The lowest BCUT2D eigenvalue weighted by atomic mass is 10.1. The van der Waals surface area contributed by atoms with Crippen LogP contribution in [-0.4, -0.2) is 24.9 Å². The number of imidazole rings is 1. The second-order valence-electron chi connectivity index (χ2n) is 6.06. The van der Waals surface area contributed by atoms with E-state index in [1.165, 1.54) is 21.9 Å². The molecule has 136 valence electrons. The second-order valence-corrected chi connectivity index (χ2v) is 7.64. The Labute approximate surface area is 159 Å². The Bertz CT molecular complexity index is 1090. The van der Waals surface area contributed by atoms with Gasteiger partial charge in [0.15, 0.2) is 16.3 Å². The number of halogens is 1. The number of aromatic amines is 1. The predicted octanol–water partition coefficient (Wildman–Crippen LogP) is 3.01. The van der Waals surface area contributed by atoms with Gasteiger partial charge in [0, 0.05) is 17.8 Å². The van der Waals surface area contributed by atoms with Gasteiger partial charge in [-0.15, -0.1) is 0 Å². The molecule has 3 aromatic rings. The van der Waals surface area contributed by atoms with Crippen LogP contribution in [-0.2, 0) is 13.6 Å². The average Bonchev–Trinajstić information content (AvgIpc) is 2.94. The van der Waals surface area contributed by atoms with E-state index in [0.29, 0.717) is 33.7 Å². The molecule has 2 aromatic heterocycles. The molecule has 1 N–H and O–H groups in total. The topological polar surface area (TPSA) is 72.7 Å². The number of allylic oxidation sites excluding steroid dienone is 1. The normalized spacial score (nSPS) is 12.1. The van der Waals surface area contributed by atoms with Crippen LogP contribution in [0.5, 0.6) is 0 Å². The first kappa shape index (κ1) is 18.5. The third kappa shape index (κ3) is 3.78. The molecule has 0 radical (unpaired) electrons. The number of benzene rings is 1. The van der Waals surface area contributed by atoms with Crippen LogP contribution in [0.4, 0.5) is 0 Å². The smallest absolute Gasteiger partial charge is 0.309 e. The Morgan fingerprint density at radius 2 is 2.00 bits per heavy atom. The Hall–Kier alpha value is -2.25. The average molecular weight is 391 g/mol. The molecule has 0 atom stereocenters. The molecular formula is C18H19ClN4O2S. The van der Waals surface area contributed by atoms with Crippen LogP contribution in [0.2, 0.25) is 0 Å². The van der Waals surface area contributed by atoms with Crippen LogP contribution in [0.3, 0.4) is 0 Å². The highest BCUT2D eigenvalue weighted by Gasteiger charge is 2.17. The fourth-order valence-electron chi connectivity index (χ4n) is 2.58. The highest BCUT2D eigenvalue weighted by atomic mass is 35.5. The molecule has 1 aromatic carbocycles. The summed E-state index contributed by atoms with van der Waals surface area (Å²) in [4.78, 5) is 31.2. The van der Waals surface area contributed by atoms with E-state index >= 15 is 0 Å². The molecule has 0 aliphatic heterocycles. The van der Waals surface area contributed by atoms with Gasteiger partial charge >= 0.3 is 5.69 Å². The largest absolute Gasteiger partial charge is 0.329 e. The fraction of sp³-hybridized carbons (Fsp3) is 0.278. The van der Waals surface area contributed by atoms with E-state index in [0.717, 1.165) is 5.56 Å². The van der Waals surface area contributed by atoms with Gasteiger partial charge in [0.1, 0.15) is 0 Å². The first-order valence-corrected chi connectivity index (χ1v) is 9.43. The molecule has 0 aliphatic carbocycles. The quantitative estimate of drug-likeness (QED) is 0.679. The number of hydrogen-bond acceptors (Lipinski definition) is 4. The van der Waals surface area contributed by atoms with Gasteiger partial charge in [-0.1, -0.05) is 59.3 Å². The van der Waals surface area contributed by atoms with Crippen molar-refractivity contribution in [2.45, 2.75) is 25.5 Å². The van der Waals surface area contributed by atoms with Crippen molar-refractivity contribution in [2.24, 2.45) is 7.05 Å². The van der Waals surface area contributed by atoms with E-state index < -0.39 is 11.2 Å². The molecule has 0 spiro atoms. The number of fused-ring (bicyclic) bond motifs is 1. The minimum absolute atomic E-state index is 0.375. The third-order valence-electron chi connectivity index (χ3n) is 4.01. The second kappa shape index (κ2) is 7.55. The van der Waals surface area contributed by atoms with Gasteiger partial charge in [-0.2, -0.15) is 0 Å². The van der Waals surface area contributed by atoms with Crippen molar-refractivity contribution in [3.8, 4) is 0 Å². The summed E-state index contributed by atoms with van der Waals surface area (Å²) >= 11 is 7.37. The maximum absolute atomic E-state index is 12.4. The van der Waals surface area contributed by atoms with Crippen molar-refractivity contribution in [3.63, 3.8) is 0 Å². The summed E-state index contributed by atoms with van der Waals surface area (Å²) in [5.41, 5.74) is 2.08. The molecule has 2 heterocycles. The minimum Gasteiger partial charge on any atom is -0.309 e. The van der Waals surface area contributed by atoms with Crippen molar-refractivity contribution in [2.75, 3.05) is 5.75 Å². The summed E-state index contributed by atoms with van der Waals surface area (Å²) in [6.07, 6.45) is 1.88. The Balaban J connectivity index is 2.14. The van der Waals surface area contributed by atoms with Crippen molar-refractivity contribution in [1.82, 2.24) is 19.1 Å². The van der Waals surface area contributed by atoms with Gasteiger partial charge in [-0.3, -0.25) is 14.3 Å². The van der Waals surface area contributed by atoms with Crippen LogP contribution in [0.1, 0.15) is 18.1 Å². The highest BCUT2D eigenvalue weighted by molar-refractivity contribution is 7.99. The maximum atomic E-state index is 12.4. The van der Waals surface area contributed by atoms with Crippen molar-refractivity contribution < 1.29 is 0 Å². The van der Waals surface area contributed by atoms with E-state index in [-0.39, 0.29) is 0 Å². The van der Waals surface area contributed by atoms with Gasteiger partial charge in [0.2, 0.25) is 0 Å². The van der Waals surface area contributed by atoms with Gasteiger partial charge in [-0.25, -0.2) is 9.78 Å². The SMILES string of the molecule is CC(Cl)=CCSc1nc2c(c(=O)[nH]c(=O)n2C)n1Cc1ccc(C)cc1. The standard InChI is InChI=1S/C18H19ClN4O2S/c1-11-4-6-13(7-5-11)10-23-14-15(22(3)17(25)21-16(14)24)20-18(23)26-9-8-12(2)19/h4-8H,9-10H2,1-3H3,(H,21,24,25). The number of rotatable bonds is 5. The van der Waals surface area contributed by atoms with E-state index in [4.69, 9.17) is 11.6 Å². The van der Waals surface area contributed by atoms with E-state index in [9.17, 15) is 9.59 Å². The van der Waals surface area contributed by atoms with Gasteiger partial charge in [0.25, 0.3) is 5.56 Å². The molecule has 0 unspecified atom stereocenters. The first-order valence-electron chi connectivity index (χ1n) is 8.07. The lowest BCUT2D eigenvalue weighted by Crippen LogP contribution is -2.29. The zero-order valence-corrected chi connectivity index (χ0v) is 16.3. The molecule has 0 amide bonds. The Kier molecular flexibility index (Phi) is 5.38. The Morgan fingerprint density at radius 3 is 2.65 bits per heavy atom. The number of hydrogen-bond donors (Lipinski definition) is 1. The van der Waals surface area contributed by atoms with Crippen molar-refractivity contribution in [3.05, 3.63) is 67.3 Å². The summed E-state index contributed by atoms with van der Waals surface area (Å²) in [6, 6.07) is 8.10. The molecule has 6 nitrogen and oxygen atoms in total. The van der Waals surface area contributed by atoms with Crippen LogP contribution in [0.25, 0.3) is 11.2 Å². The number of nitrogens with zero attached hydrogens (tertiary/aromatic N) is 3. The zero-order chi connectivity index (χ0) is 18.8. The lowest BCUT2D eigenvalue weighted by molar-refractivity contribution is 0.728. The summed E-state index contributed by atoms with van der Waals surface area (Å²) in [5.74, 6) is 0.623. The molecule has 0 bridgehead atoms. The summed E-state index contributed by atoms with van der Waals surface area (Å²) in [7, 11) is 1.60. The van der Waals surface area contributed by atoms with Crippen molar-refractivity contribution >= 4 is 34.5 Å². The van der Waals surface area contributed by atoms with Crippen LogP contribution < -0.4 is 11.2 Å².